The molecule has 1 N–H and O–H groups in total. The molecule has 0 radical (unpaired) electrons. The maximum atomic E-state index is 13.3. The maximum absolute atomic E-state index is 13.3. The van der Waals surface area contributed by atoms with Crippen molar-refractivity contribution in [3.8, 4) is 22.9 Å². The van der Waals surface area contributed by atoms with Crippen molar-refractivity contribution in [1.82, 2.24) is 19.9 Å². The van der Waals surface area contributed by atoms with Gasteiger partial charge in [0.1, 0.15) is 11.4 Å². The number of anilines is 1. The summed E-state index contributed by atoms with van der Waals surface area (Å²) >= 11 is 1.33. The molecule has 4 heterocycles. The van der Waals surface area contributed by atoms with Gasteiger partial charge in [0.2, 0.25) is 0 Å². The fourth-order valence-electron chi connectivity index (χ4n) is 4.00. The summed E-state index contributed by atoms with van der Waals surface area (Å²) < 4.78 is 5.49. The van der Waals surface area contributed by atoms with Gasteiger partial charge in [-0.3, -0.25) is 24.9 Å². The second kappa shape index (κ2) is 9.56. The standard InChI is InChI=1S/C26H20N6O3S/c1-15-9-17(18-10-16(11-27)6-7-22(18)35-2)19(12-29-15)24(33)31-26-30-21-13-32(14-23(21)36-26)25(34)20-5-3-4-8-28-20/h3-10,12H,13-14H2,1-2H3,(H,30,31,33). The van der Waals surface area contributed by atoms with Gasteiger partial charge in [-0.05, 0) is 43.3 Å². The predicted octanol–water partition coefficient (Wildman–Crippen LogP) is 4.20. The molecule has 0 atom stereocenters. The number of nitriles is 1. The van der Waals surface area contributed by atoms with Crippen LogP contribution >= 0.6 is 11.3 Å². The van der Waals surface area contributed by atoms with Crippen LogP contribution in [0.2, 0.25) is 0 Å². The van der Waals surface area contributed by atoms with E-state index >= 15 is 0 Å². The molecule has 0 unspecified atom stereocenters. The quantitative estimate of drug-likeness (QED) is 0.440. The molecule has 1 aromatic carbocycles. The number of methoxy groups -OCH3 is 1. The van der Waals surface area contributed by atoms with Gasteiger partial charge in [0.25, 0.3) is 11.8 Å². The third-order valence-corrected chi connectivity index (χ3v) is 6.75. The van der Waals surface area contributed by atoms with E-state index in [2.05, 4.69) is 26.3 Å². The fraction of sp³-hybridized carbons (Fsp3) is 0.154. The van der Waals surface area contributed by atoms with E-state index in [1.165, 1.54) is 24.6 Å². The van der Waals surface area contributed by atoms with E-state index in [-0.39, 0.29) is 11.8 Å². The summed E-state index contributed by atoms with van der Waals surface area (Å²) in [5, 5.41) is 12.7. The zero-order chi connectivity index (χ0) is 25.2. The maximum Gasteiger partial charge on any atom is 0.273 e. The molecule has 3 aromatic heterocycles. The van der Waals surface area contributed by atoms with Crippen LogP contribution < -0.4 is 10.1 Å². The second-order valence-electron chi connectivity index (χ2n) is 8.12. The normalized spacial score (nSPS) is 12.1. The number of aromatic nitrogens is 3. The minimum absolute atomic E-state index is 0.157. The average Bonchev–Trinajstić information content (AvgIpc) is 3.47. The van der Waals surface area contributed by atoms with Crippen molar-refractivity contribution in [2.24, 2.45) is 0 Å². The molecule has 5 rings (SSSR count). The number of ether oxygens (including phenoxy) is 1. The predicted molar refractivity (Wildman–Crippen MR) is 134 cm³/mol. The number of fused-ring (bicyclic) bond motifs is 1. The highest BCUT2D eigenvalue weighted by atomic mass is 32.1. The van der Waals surface area contributed by atoms with Crippen molar-refractivity contribution >= 4 is 28.3 Å². The number of hydrogen-bond acceptors (Lipinski definition) is 8. The van der Waals surface area contributed by atoms with Crippen LogP contribution in [0.4, 0.5) is 5.13 Å². The van der Waals surface area contributed by atoms with Crippen molar-refractivity contribution in [3.63, 3.8) is 0 Å². The molecule has 36 heavy (non-hydrogen) atoms. The summed E-state index contributed by atoms with van der Waals surface area (Å²) in [5.41, 5.74) is 3.87. The highest BCUT2D eigenvalue weighted by Gasteiger charge is 2.29. The first-order chi connectivity index (χ1) is 17.5. The number of pyridine rings is 2. The Hall–Kier alpha value is -4.62. The summed E-state index contributed by atoms with van der Waals surface area (Å²) in [5.74, 6) is 0.00518. The van der Waals surface area contributed by atoms with Gasteiger partial charge in [0.15, 0.2) is 5.13 Å². The van der Waals surface area contributed by atoms with Crippen LogP contribution in [0.25, 0.3) is 11.1 Å². The lowest BCUT2D eigenvalue weighted by atomic mass is 9.97. The molecule has 4 aromatic rings. The number of carbonyl (C=O) groups excluding carboxylic acids is 2. The van der Waals surface area contributed by atoms with Crippen LogP contribution in [0.1, 0.15) is 42.7 Å². The number of thiazole rings is 1. The smallest absolute Gasteiger partial charge is 0.273 e. The number of aryl methyl sites for hydroxylation is 1. The Kier molecular flexibility index (Phi) is 6.14. The first-order valence-corrected chi connectivity index (χ1v) is 11.8. The minimum Gasteiger partial charge on any atom is -0.496 e. The molecule has 0 spiro atoms. The van der Waals surface area contributed by atoms with Crippen LogP contribution in [-0.4, -0.2) is 38.8 Å². The van der Waals surface area contributed by atoms with Crippen LogP contribution in [-0.2, 0) is 13.1 Å². The van der Waals surface area contributed by atoms with Gasteiger partial charge in [-0.25, -0.2) is 4.98 Å². The molecular weight excluding hydrogens is 476 g/mol. The first-order valence-electron chi connectivity index (χ1n) is 11.0. The Morgan fingerprint density at radius 2 is 2.00 bits per heavy atom. The molecule has 0 saturated heterocycles. The molecule has 0 bridgehead atoms. The lowest BCUT2D eigenvalue weighted by Crippen LogP contribution is -2.26. The number of nitrogens with zero attached hydrogens (tertiary/aromatic N) is 5. The van der Waals surface area contributed by atoms with Crippen molar-refractivity contribution in [1.29, 1.82) is 5.26 Å². The Balaban J connectivity index is 1.38. The summed E-state index contributed by atoms with van der Waals surface area (Å²) in [6, 6.07) is 14.2. The number of hydrogen-bond donors (Lipinski definition) is 1. The molecule has 1 aliphatic rings. The summed E-state index contributed by atoms with van der Waals surface area (Å²) in [4.78, 5) is 41.6. The molecule has 2 amide bonds. The minimum atomic E-state index is -0.379. The summed E-state index contributed by atoms with van der Waals surface area (Å²) in [6.45, 7) is 2.59. The van der Waals surface area contributed by atoms with E-state index in [4.69, 9.17) is 4.74 Å². The van der Waals surface area contributed by atoms with Gasteiger partial charge in [-0.15, -0.1) is 0 Å². The topological polar surface area (TPSA) is 121 Å². The molecule has 1 aliphatic heterocycles. The largest absolute Gasteiger partial charge is 0.496 e. The second-order valence-corrected chi connectivity index (χ2v) is 9.20. The van der Waals surface area contributed by atoms with E-state index in [1.807, 2.05) is 6.92 Å². The van der Waals surface area contributed by atoms with Crippen LogP contribution in [0, 0.1) is 18.3 Å². The van der Waals surface area contributed by atoms with Crippen LogP contribution in [0.15, 0.2) is 54.9 Å². The van der Waals surface area contributed by atoms with Gasteiger partial charge in [0, 0.05) is 29.2 Å². The van der Waals surface area contributed by atoms with E-state index in [9.17, 15) is 14.9 Å². The lowest BCUT2D eigenvalue weighted by molar-refractivity contribution is 0.0744. The van der Waals surface area contributed by atoms with E-state index in [1.54, 1.807) is 53.6 Å². The van der Waals surface area contributed by atoms with Crippen LogP contribution in [0.3, 0.4) is 0 Å². The molecule has 0 fully saturated rings. The van der Waals surface area contributed by atoms with Gasteiger partial charge in [-0.2, -0.15) is 5.26 Å². The molecular formula is C26H20N6O3S. The highest BCUT2D eigenvalue weighted by Crippen LogP contribution is 2.35. The van der Waals surface area contributed by atoms with E-state index in [0.29, 0.717) is 51.9 Å². The zero-order valence-electron chi connectivity index (χ0n) is 19.5. The number of benzene rings is 1. The number of carbonyl (C=O) groups is 2. The van der Waals surface area contributed by atoms with Gasteiger partial charge < -0.3 is 9.64 Å². The monoisotopic (exact) mass is 496 g/mol. The van der Waals surface area contributed by atoms with Crippen molar-refractivity contribution in [2.75, 3.05) is 12.4 Å². The van der Waals surface area contributed by atoms with Crippen molar-refractivity contribution in [3.05, 3.63) is 87.9 Å². The molecule has 0 saturated carbocycles. The summed E-state index contributed by atoms with van der Waals surface area (Å²) in [6.07, 6.45) is 3.10. The Morgan fingerprint density at radius 3 is 2.72 bits per heavy atom. The Morgan fingerprint density at radius 1 is 1.14 bits per heavy atom. The lowest BCUT2D eigenvalue weighted by Gasteiger charge is -2.15. The van der Waals surface area contributed by atoms with Crippen LogP contribution in [0.5, 0.6) is 5.75 Å². The molecule has 178 valence electrons. The van der Waals surface area contributed by atoms with E-state index < -0.39 is 0 Å². The molecule has 9 nitrogen and oxygen atoms in total. The number of rotatable bonds is 5. The Bertz CT molecular complexity index is 1500. The van der Waals surface area contributed by atoms with Crippen molar-refractivity contribution in [2.45, 2.75) is 20.0 Å². The number of amides is 2. The number of nitrogens with one attached hydrogen (secondary N) is 1. The first kappa shape index (κ1) is 23.1. The zero-order valence-corrected chi connectivity index (χ0v) is 20.3. The van der Waals surface area contributed by atoms with Crippen molar-refractivity contribution < 1.29 is 14.3 Å². The summed E-state index contributed by atoms with van der Waals surface area (Å²) in [7, 11) is 1.54. The third-order valence-electron chi connectivity index (χ3n) is 5.75. The van der Waals surface area contributed by atoms with Gasteiger partial charge in [0.05, 0.1) is 48.0 Å². The van der Waals surface area contributed by atoms with Gasteiger partial charge >= 0.3 is 0 Å². The average molecular weight is 497 g/mol. The SMILES string of the molecule is COc1ccc(C#N)cc1-c1cc(C)ncc1C(=O)Nc1nc2c(s1)CN(C(=O)c1ccccn1)C2. The Labute approximate surface area is 211 Å². The molecule has 0 aliphatic carbocycles. The fourth-order valence-corrected chi connectivity index (χ4v) is 4.99. The highest BCUT2D eigenvalue weighted by molar-refractivity contribution is 7.16. The molecule has 10 heteroatoms. The van der Waals surface area contributed by atoms with Gasteiger partial charge in [-0.1, -0.05) is 17.4 Å². The third kappa shape index (κ3) is 4.39. The van der Waals surface area contributed by atoms with E-state index in [0.717, 1.165) is 16.3 Å².